The summed E-state index contributed by atoms with van der Waals surface area (Å²) in [5.74, 6) is 0.560. The number of hydrogen-bond donors (Lipinski definition) is 0. The van der Waals surface area contributed by atoms with E-state index in [1.165, 1.54) is 16.7 Å². The van der Waals surface area contributed by atoms with E-state index in [0.29, 0.717) is 5.92 Å². The normalized spacial score (nSPS) is 24.4. The summed E-state index contributed by atoms with van der Waals surface area (Å²) >= 11 is 0. The van der Waals surface area contributed by atoms with Gasteiger partial charge in [0.05, 0.1) is 0 Å². The van der Waals surface area contributed by atoms with Crippen LogP contribution < -0.4 is 51.4 Å². The molecule has 0 heterocycles. The molecule has 0 aromatic rings. The van der Waals surface area contributed by atoms with E-state index in [1.54, 1.807) is 0 Å². The summed E-state index contributed by atoms with van der Waals surface area (Å²) in [5.41, 5.74) is 4.25. The third kappa shape index (κ3) is 2.05. The Hall–Kier alpha value is 1.12. The minimum atomic E-state index is 0. The van der Waals surface area contributed by atoms with Crippen molar-refractivity contribution in [2.24, 2.45) is 5.92 Å². The second-order valence-electron chi connectivity index (χ2n) is 2.80. The molecule has 0 amide bonds. The first kappa shape index (κ1) is 11.1. The molecule has 1 aliphatic rings. The Bertz CT molecular complexity index is 187. The van der Waals surface area contributed by atoms with Crippen LogP contribution in [0.25, 0.3) is 0 Å². The van der Waals surface area contributed by atoms with Crippen molar-refractivity contribution in [2.45, 2.75) is 27.7 Å². The molecule has 0 aromatic carbocycles. The molecule has 1 heteroatoms. The summed E-state index contributed by atoms with van der Waals surface area (Å²) < 4.78 is 0. The van der Waals surface area contributed by atoms with Crippen LogP contribution >= 0.6 is 0 Å². The summed E-state index contributed by atoms with van der Waals surface area (Å²) in [6.07, 6.45) is 3.36. The molecule has 0 nitrogen and oxygen atoms in total. The Kier molecular flexibility index (Phi) is 4.69. The van der Waals surface area contributed by atoms with Gasteiger partial charge in [0, 0.05) is 0 Å². The molecule has 1 rings (SSSR count). The molecule has 1 atom stereocenters. The molecule has 1 unspecified atom stereocenters. The second kappa shape index (κ2) is 4.22. The number of hydrogen-bond acceptors (Lipinski definition) is 0. The van der Waals surface area contributed by atoms with Crippen molar-refractivity contribution in [2.75, 3.05) is 0 Å². The van der Waals surface area contributed by atoms with Gasteiger partial charge >= 0.3 is 51.4 Å². The van der Waals surface area contributed by atoms with Gasteiger partial charge in [-0.1, -0.05) is 26.7 Å². The zero-order chi connectivity index (χ0) is 7.02. The second-order valence-corrected chi connectivity index (χ2v) is 2.80. The zero-order valence-corrected chi connectivity index (χ0v) is 10.7. The van der Waals surface area contributed by atoms with Gasteiger partial charge in [0.15, 0.2) is 0 Å². The van der Waals surface area contributed by atoms with E-state index in [1.807, 2.05) is 0 Å². The Labute approximate surface area is 106 Å². The smallest absolute Gasteiger partial charge is 0.266 e. The Morgan fingerprint density at radius 3 is 1.80 bits per heavy atom. The third-order valence-corrected chi connectivity index (χ3v) is 2.24. The predicted molar refractivity (Wildman–Crippen MR) is 40.0 cm³/mol. The van der Waals surface area contributed by atoms with Crippen molar-refractivity contribution in [1.29, 1.82) is 0 Å². The fraction of sp³-hybridized carbons (Fsp3) is 0.556. The van der Waals surface area contributed by atoms with Crippen LogP contribution in [-0.2, 0) is 0 Å². The van der Waals surface area contributed by atoms with E-state index in [4.69, 9.17) is 0 Å². The zero-order valence-electron chi connectivity index (χ0n) is 7.58. The van der Waals surface area contributed by atoms with Gasteiger partial charge in [0.1, 0.15) is 0 Å². The summed E-state index contributed by atoms with van der Waals surface area (Å²) in [4.78, 5) is 0. The van der Waals surface area contributed by atoms with Crippen molar-refractivity contribution in [3.63, 3.8) is 0 Å². The van der Waals surface area contributed by atoms with E-state index in [2.05, 4.69) is 33.8 Å². The quantitative estimate of drug-likeness (QED) is 0.338. The first-order valence-corrected chi connectivity index (χ1v) is 3.40. The summed E-state index contributed by atoms with van der Waals surface area (Å²) in [6, 6.07) is 0. The van der Waals surface area contributed by atoms with Crippen LogP contribution in [0.2, 0.25) is 0 Å². The Morgan fingerprint density at radius 2 is 1.70 bits per heavy atom. The van der Waals surface area contributed by atoms with Crippen LogP contribution in [0.15, 0.2) is 16.7 Å². The first-order valence-electron chi connectivity index (χ1n) is 3.40. The first-order chi connectivity index (χ1) is 4.13. The monoisotopic (exact) mass is 160 g/mol. The topological polar surface area (TPSA) is 0 Å². The Morgan fingerprint density at radius 1 is 1.20 bits per heavy atom. The van der Waals surface area contributed by atoms with Gasteiger partial charge < -0.3 is 0 Å². The van der Waals surface area contributed by atoms with Gasteiger partial charge in [-0.25, -0.2) is 5.57 Å². The van der Waals surface area contributed by atoms with Crippen molar-refractivity contribution in [3.8, 4) is 0 Å². The maximum absolute atomic E-state index is 3.36. The fourth-order valence-electron chi connectivity index (χ4n) is 1.16. The Balaban J connectivity index is 0.000000810. The molecular formula is C9H13K. The SMILES string of the molecule is CC1=[C-]C(C)C(C)=C1C.[K+]. The third-order valence-electron chi connectivity index (χ3n) is 2.24. The van der Waals surface area contributed by atoms with Crippen LogP contribution in [0.3, 0.4) is 0 Å². The minimum absolute atomic E-state index is 0. The van der Waals surface area contributed by atoms with E-state index >= 15 is 0 Å². The van der Waals surface area contributed by atoms with E-state index in [0.717, 1.165) is 0 Å². The van der Waals surface area contributed by atoms with Crippen LogP contribution in [0.5, 0.6) is 0 Å². The van der Waals surface area contributed by atoms with Crippen molar-refractivity contribution < 1.29 is 51.4 Å². The van der Waals surface area contributed by atoms with Gasteiger partial charge in [-0.3, -0.25) is 6.08 Å². The predicted octanol–water partition coefficient (Wildman–Crippen LogP) is -0.274. The summed E-state index contributed by atoms with van der Waals surface area (Å²) in [7, 11) is 0. The van der Waals surface area contributed by atoms with Gasteiger partial charge in [0.25, 0.3) is 0 Å². The summed E-state index contributed by atoms with van der Waals surface area (Å²) in [6.45, 7) is 8.67. The molecule has 0 spiro atoms. The molecule has 0 radical (unpaired) electrons. The molecule has 0 saturated carbocycles. The molecule has 1 aliphatic carbocycles. The maximum atomic E-state index is 3.36. The fourth-order valence-corrected chi connectivity index (χ4v) is 1.16. The van der Waals surface area contributed by atoms with Crippen molar-refractivity contribution in [1.82, 2.24) is 0 Å². The van der Waals surface area contributed by atoms with Gasteiger partial charge in [-0.2, -0.15) is 11.1 Å². The summed E-state index contributed by atoms with van der Waals surface area (Å²) in [5, 5.41) is 0. The molecule has 0 N–H and O–H groups in total. The number of rotatable bonds is 0. The maximum Gasteiger partial charge on any atom is 1.00 e. The standard InChI is InChI=1S/C9H13.K/c1-6-5-7(2)9(4)8(6)3;/h6H,1-4H3;/q-1;+1. The van der Waals surface area contributed by atoms with Crippen LogP contribution in [0.1, 0.15) is 27.7 Å². The van der Waals surface area contributed by atoms with Crippen molar-refractivity contribution >= 4 is 0 Å². The minimum Gasteiger partial charge on any atom is -0.266 e. The number of allylic oxidation sites excluding steroid dienone is 4. The molecule has 0 fully saturated rings. The molecule has 0 bridgehead atoms. The largest absolute Gasteiger partial charge is 1.00 e. The average Bonchev–Trinajstić information content (AvgIpc) is 1.98. The van der Waals surface area contributed by atoms with Crippen LogP contribution in [0.4, 0.5) is 0 Å². The van der Waals surface area contributed by atoms with Crippen molar-refractivity contribution in [3.05, 3.63) is 22.8 Å². The van der Waals surface area contributed by atoms with Crippen LogP contribution in [-0.4, -0.2) is 0 Å². The van der Waals surface area contributed by atoms with Gasteiger partial charge in [-0.15, -0.1) is 6.92 Å². The molecule has 10 heavy (non-hydrogen) atoms. The molecule has 0 saturated heterocycles. The average molecular weight is 160 g/mol. The van der Waals surface area contributed by atoms with E-state index in [-0.39, 0.29) is 51.4 Å². The van der Waals surface area contributed by atoms with E-state index in [9.17, 15) is 0 Å². The molecule has 0 aromatic heterocycles. The van der Waals surface area contributed by atoms with Gasteiger partial charge in [0.2, 0.25) is 0 Å². The van der Waals surface area contributed by atoms with Crippen LogP contribution in [0, 0.1) is 12.0 Å². The van der Waals surface area contributed by atoms with Gasteiger partial charge in [-0.05, 0) is 0 Å². The molecular weight excluding hydrogens is 147 g/mol. The van der Waals surface area contributed by atoms with E-state index < -0.39 is 0 Å². The molecule has 0 aliphatic heterocycles. The molecule has 50 valence electrons.